The van der Waals surface area contributed by atoms with Crippen molar-refractivity contribution in [2.75, 3.05) is 40.0 Å². The molecular weight excluding hydrogens is 315 g/mol. The summed E-state index contributed by atoms with van der Waals surface area (Å²) in [4.78, 5) is 23.7. The number of halogens is 1. The molecule has 0 unspecified atom stereocenters. The van der Waals surface area contributed by atoms with Crippen molar-refractivity contribution >= 4 is 22.9 Å². The highest BCUT2D eigenvalue weighted by molar-refractivity contribution is 8.14. The smallest absolute Gasteiger partial charge is 0.288 e. The van der Waals surface area contributed by atoms with Gasteiger partial charge in [-0.05, 0) is 0 Å². The maximum atomic E-state index is 11.2. The van der Waals surface area contributed by atoms with Crippen LogP contribution < -0.4 is 24.0 Å². The molecule has 0 atom stereocenters. The van der Waals surface area contributed by atoms with Crippen LogP contribution in [-0.4, -0.2) is 60.5 Å². The molecule has 1 rings (SSSR count). The number of thioether (sulfide) groups is 1. The number of likely N-dealkylation sites (N-methyl/N-ethyl adjacent to an activating group) is 1. The Labute approximate surface area is 106 Å². The summed E-state index contributed by atoms with van der Waals surface area (Å²) >= 11 is 1.09. The van der Waals surface area contributed by atoms with Crippen LogP contribution in [0.5, 0.6) is 0 Å². The summed E-state index contributed by atoms with van der Waals surface area (Å²) in [5, 5.41) is -0.0987. The fourth-order valence-electron chi connectivity index (χ4n) is 0.997. The Morgan fingerprint density at radius 1 is 1.36 bits per heavy atom. The lowest BCUT2D eigenvalue weighted by atomic mass is 10.4. The van der Waals surface area contributed by atoms with Gasteiger partial charge in [0.1, 0.15) is 0 Å². The summed E-state index contributed by atoms with van der Waals surface area (Å²) in [7, 11) is 6.12. The van der Waals surface area contributed by atoms with Crippen LogP contribution in [0.3, 0.4) is 0 Å². The summed E-state index contributed by atoms with van der Waals surface area (Å²) in [5.41, 5.74) is 0. The molecule has 1 aliphatic heterocycles. The molecule has 4 nitrogen and oxygen atoms in total. The second-order valence-corrected chi connectivity index (χ2v) is 5.04. The average Bonchev–Trinajstić information content (AvgIpc) is 2.27. The van der Waals surface area contributed by atoms with E-state index in [2.05, 4.69) is 0 Å². The highest BCUT2D eigenvalue weighted by Gasteiger charge is 2.30. The van der Waals surface area contributed by atoms with Crippen molar-refractivity contribution in [2.24, 2.45) is 0 Å². The van der Waals surface area contributed by atoms with Crippen LogP contribution in [-0.2, 0) is 4.79 Å². The van der Waals surface area contributed by atoms with Gasteiger partial charge in [0.25, 0.3) is 5.24 Å². The monoisotopic (exact) mass is 330 g/mol. The van der Waals surface area contributed by atoms with Gasteiger partial charge in [-0.15, -0.1) is 0 Å². The van der Waals surface area contributed by atoms with Gasteiger partial charge in [-0.2, -0.15) is 0 Å². The number of hydrogen-bond acceptors (Lipinski definition) is 3. The molecule has 0 radical (unpaired) electrons. The predicted octanol–water partition coefficient (Wildman–Crippen LogP) is -2.61. The van der Waals surface area contributed by atoms with E-state index in [1.165, 1.54) is 4.90 Å². The summed E-state index contributed by atoms with van der Waals surface area (Å²) < 4.78 is 0.766. The van der Waals surface area contributed by atoms with Gasteiger partial charge in [0, 0.05) is 0 Å². The molecule has 2 amide bonds. The van der Waals surface area contributed by atoms with Crippen LogP contribution >= 0.6 is 11.8 Å². The first-order valence-electron chi connectivity index (χ1n) is 4.18. The van der Waals surface area contributed by atoms with E-state index in [1.807, 2.05) is 21.1 Å². The third kappa shape index (κ3) is 4.14. The van der Waals surface area contributed by atoms with E-state index in [0.717, 1.165) is 22.8 Å². The molecule has 0 spiro atoms. The van der Waals surface area contributed by atoms with Crippen molar-refractivity contribution in [3.05, 3.63) is 0 Å². The van der Waals surface area contributed by atoms with Crippen LogP contribution in [0.4, 0.5) is 4.79 Å². The molecule has 1 saturated heterocycles. The van der Waals surface area contributed by atoms with Crippen molar-refractivity contribution in [3.63, 3.8) is 0 Å². The first-order chi connectivity index (χ1) is 5.90. The zero-order valence-electron chi connectivity index (χ0n) is 8.62. The number of carbonyl (C=O) groups excluding carboxylic acids is 2. The van der Waals surface area contributed by atoms with E-state index in [1.54, 1.807) is 0 Å². The quantitative estimate of drug-likeness (QED) is 0.421. The molecule has 0 aromatic carbocycles. The van der Waals surface area contributed by atoms with Gasteiger partial charge in [-0.1, -0.05) is 11.8 Å². The van der Waals surface area contributed by atoms with Gasteiger partial charge < -0.3 is 28.5 Å². The van der Waals surface area contributed by atoms with Crippen LogP contribution in [0.25, 0.3) is 0 Å². The Morgan fingerprint density at radius 3 is 2.29 bits per heavy atom. The first-order valence-corrected chi connectivity index (χ1v) is 5.16. The average molecular weight is 330 g/mol. The topological polar surface area (TPSA) is 37.4 Å². The Kier molecular flexibility index (Phi) is 5.38. The molecule has 0 aromatic heterocycles. The third-order valence-electron chi connectivity index (χ3n) is 1.83. The SMILES string of the molecule is C[N+](C)(C)CCN1C(=O)CSC1=O.[I-]. The highest BCUT2D eigenvalue weighted by atomic mass is 127. The zero-order chi connectivity index (χ0) is 10.1. The van der Waals surface area contributed by atoms with Gasteiger partial charge in [-0.25, -0.2) is 0 Å². The van der Waals surface area contributed by atoms with Gasteiger partial charge in [0.2, 0.25) is 5.91 Å². The highest BCUT2D eigenvalue weighted by Crippen LogP contribution is 2.18. The lowest BCUT2D eigenvalue weighted by molar-refractivity contribution is -0.869. The fraction of sp³-hybridized carbons (Fsp3) is 0.750. The second kappa shape index (κ2) is 5.32. The molecule has 6 heteroatoms. The van der Waals surface area contributed by atoms with Gasteiger partial charge in [0.05, 0.1) is 40.0 Å². The number of carbonyl (C=O) groups is 2. The van der Waals surface area contributed by atoms with Crippen molar-refractivity contribution in [1.82, 2.24) is 4.90 Å². The maximum absolute atomic E-state index is 11.2. The summed E-state index contributed by atoms with van der Waals surface area (Å²) in [6.07, 6.45) is 0. The molecule has 0 aromatic rings. The minimum absolute atomic E-state index is 0. The Balaban J connectivity index is 0.00000169. The summed E-state index contributed by atoms with van der Waals surface area (Å²) in [6.45, 7) is 1.34. The van der Waals surface area contributed by atoms with Gasteiger partial charge >= 0.3 is 0 Å². The first kappa shape index (κ1) is 14.2. The van der Waals surface area contributed by atoms with E-state index in [9.17, 15) is 9.59 Å². The molecule has 0 saturated carbocycles. The molecule has 0 aliphatic carbocycles. The maximum Gasteiger partial charge on any atom is 0.288 e. The number of hydrogen-bond donors (Lipinski definition) is 0. The van der Waals surface area contributed by atoms with E-state index >= 15 is 0 Å². The molecule has 1 fully saturated rings. The van der Waals surface area contributed by atoms with E-state index < -0.39 is 0 Å². The molecule has 1 heterocycles. The molecular formula is C8H15IN2O2S. The van der Waals surface area contributed by atoms with Crippen LogP contribution in [0.1, 0.15) is 0 Å². The van der Waals surface area contributed by atoms with E-state index in [0.29, 0.717) is 12.3 Å². The van der Waals surface area contributed by atoms with Crippen molar-refractivity contribution in [1.29, 1.82) is 0 Å². The predicted molar refractivity (Wildman–Crippen MR) is 52.5 cm³/mol. The minimum Gasteiger partial charge on any atom is -1.00 e. The largest absolute Gasteiger partial charge is 1.00 e. The summed E-state index contributed by atoms with van der Waals surface area (Å²) in [6, 6.07) is 0. The molecule has 0 bridgehead atoms. The summed E-state index contributed by atoms with van der Waals surface area (Å²) in [5.74, 6) is 0.263. The molecule has 1 aliphatic rings. The molecule has 14 heavy (non-hydrogen) atoms. The Morgan fingerprint density at radius 2 is 1.93 bits per heavy atom. The molecule has 82 valence electrons. The Bertz CT molecular complexity index is 224. The lowest BCUT2D eigenvalue weighted by Gasteiger charge is -2.25. The number of quaternary nitrogens is 1. The van der Waals surface area contributed by atoms with Gasteiger partial charge in [0.15, 0.2) is 0 Å². The van der Waals surface area contributed by atoms with E-state index in [-0.39, 0.29) is 35.1 Å². The Hall–Kier alpha value is 0.180. The number of amides is 2. The fourth-order valence-corrected chi connectivity index (χ4v) is 1.75. The van der Waals surface area contributed by atoms with Crippen molar-refractivity contribution < 1.29 is 38.0 Å². The second-order valence-electron chi connectivity index (χ2n) is 4.11. The zero-order valence-corrected chi connectivity index (χ0v) is 11.6. The van der Waals surface area contributed by atoms with E-state index in [4.69, 9.17) is 0 Å². The molecule has 0 N–H and O–H groups in total. The minimum atomic E-state index is -0.0987. The number of rotatable bonds is 3. The van der Waals surface area contributed by atoms with Crippen LogP contribution in [0, 0.1) is 0 Å². The standard InChI is InChI=1S/C8H15N2O2S.HI/c1-10(2,3)5-4-9-7(11)6-13-8(9)12;/h4-6H2,1-3H3;1H/q+1;/p-1. The third-order valence-corrected chi connectivity index (χ3v) is 2.69. The van der Waals surface area contributed by atoms with Crippen LogP contribution in [0.2, 0.25) is 0 Å². The van der Waals surface area contributed by atoms with Gasteiger partial charge in [-0.3, -0.25) is 14.5 Å². The van der Waals surface area contributed by atoms with Crippen LogP contribution in [0.15, 0.2) is 0 Å². The number of nitrogens with zero attached hydrogens (tertiary/aromatic N) is 2. The van der Waals surface area contributed by atoms with Crippen molar-refractivity contribution in [2.45, 2.75) is 0 Å². The number of imide groups is 1. The lowest BCUT2D eigenvalue weighted by Crippen LogP contribution is -3.00. The van der Waals surface area contributed by atoms with Crippen molar-refractivity contribution in [3.8, 4) is 0 Å². The normalized spacial score (nSPS) is 17.2.